The van der Waals surface area contributed by atoms with Gasteiger partial charge in [0.1, 0.15) is 0 Å². The van der Waals surface area contributed by atoms with Crippen molar-refractivity contribution >= 4 is 5.78 Å². The lowest BCUT2D eigenvalue weighted by molar-refractivity contribution is -0.115. The maximum atomic E-state index is 11.1. The van der Waals surface area contributed by atoms with Crippen molar-refractivity contribution in [1.82, 2.24) is 0 Å². The van der Waals surface area contributed by atoms with Gasteiger partial charge >= 0.3 is 0 Å². The van der Waals surface area contributed by atoms with Crippen LogP contribution in [0.4, 0.5) is 0 Å². The van der Waals surface area contributed by atoms with E-state index in [1.807, 2.05) is 6.92 Å². The van der Waals surface area contributed by atoms with E-state index in [2.05, 4.69) is 0 Å². The minimum absolute atomic E-state index is 0.204. The fraction of sp³-hybridized carbons (Fsp3) is 0.700. The number of fused-ring (bicyclic) bond motifs is 1. The molecule has 12 heavy (non-hydrogen) atoms. The van der Waals surface area contributed by atoms with Crippen molar-refractivity contribution in [2.75, 3.05) is 0 Å². The summed E-state index contributed by atoms with van der Waals surface area (Å²) in [4.78, 5) is 11.1. The molecule has 0 saturated heterocycles. The molecule has 2 aliphatic carbocycles. The summed E-state index contributed by atoms with van der Waals surface area (Å²) >= 11 is 0. The Morgan fingerprint density at radius 2 is 2.33 bits per heavy atom. The van der Waals surface area contributed by atoms with Crippen LogP contribution >= 0.6 is 0 Å². The number of carbonyl (C=O) groups is 1. The van der Waals surface area contributed by atoms with E-state index in [0.29, 0.717) is 12.3 Å². The summed E-state index contributed by atoms with van der Waals surface area (Å²) in [6.45, 7) is 2.05. The Morgan fingerprint density at radius 3 is 3.08 bits per heavy atom. The fourth-order valence-corrected chi connectivity index (χ4v) is 2.36. The molecule has 2 unspecified atom stereocenters. The molecule has 0 spiro atoms. The maximum Gasteiger partial charge on any atom is 0.155 e. The summed E-state index contributed by atoms with van der Waals surface area (Å²) in [5, 5.41) is 9.73. The first kappa shape index (κ1) is 7.99. The first-order chi connectivity index (χ1) is 5.68. The van der Waals surface area contributed by atoms with Crippen LogP contribution in [0.2, 0.25) is 0 Å². The van der Waals surface area contributed by atoms with Gasteiger partial charge in [0.15, 0.2) is 5.78 Å². The molecule has 0 aromatic carbocycles. The molecule has 2 rings (SSSR count). The molecule has 2 aliphatic rings. The van der Waals surface area contributed by atoms with E-state index in [9.17, 15) is 9.90 Å². The van der Waals surface area contributed by atoms with Crippen LogP contribution in [0.5, 0.6) is 0 Å². The van der Waals surface area contributed by atoms with Crippen LogP contribution < -0.4 is 0 Å². The highest BCUT2D eigenvalue weighted by atomic mass is 16.3. The van der Waals surface area contributed by atoms with Crippen molar-refractivity contribution in [1.29, 1.82) is 0 Å². The molecule has 0 aromatic heterocycles. The minimum atomic E-state index is -0.204. The van der Waals surface area contributed by atoms with Crippen LogP contribution in [0, 0.1) is 11.8 Å². The van der Waals surface area contributed by atoms with Crippen molar-refractivity contribution in [3.8, 4) is 0 Å². The van der Waals surface area contributed by atoms with Gasteiger partial charge in [0.25, 0.3) is 0 Å². The highest BCUT2D eigenvalue weighted by molar-refractivity contribution is 5.91. The van der Waals surface area contributed by atoms with Crippen LogP contribution in [-0.4, -0.2) is 17.0 Å². The van der Waals surface area contributed by atoms with Gasteiger partial charge in [-0.1, -0.05) is 12.5 Å². The van der Waals surface area contributed by atoms with Gasteiger partial charge in [0.05, 0.1) is 6.10 Å². The first-order valence-corrected chi connectivity index (χ1v) is 4.60. The normalized spacial score (nSPS) is 41.0. The summed E-state index contributed by atoms with van der Waals surface area (Å²) in [5.41, 5.74) is 1.19. The number of aliphatic hydroxyl groups excluding tert-OH is 1. The van der Waals surface area contributed by atoms with Gasteiger partial charge in [-0.3, -0.25) is 4.79 Å². The van der Waals surface area contributed by atoms with Gasteiger partial charge in [-0.2, -0.15) is 0 Å². The SMILES string of the molecule is CC1CC2=CC(=O)CCC2[C@@H]1O. The van der Waals surface area contributed by atoms with Crippen LogP contribution in [0.15, 0.2) is 11.6 Å². The third-order valence-electron chi connectivity index (χ3n) is 3.08. The molecule has 1 N–H and O–H groups in total. The Bertz CT molecular complexity index is 242. The topological polar surface area (TPSA) is 37.3 Å². The predicted octanol–water partition coefficient (Wildman–Crippen LogP) is 1.29. The molecule has 0 aliphatic heterocycles. The zero-order chi connectivity index (χ0) is 8.72. The summed E-state index contributed by atoms with van der Waals surface area (Å²) < 4.78 is 0. The number of hydrogen-bond donors (Lipinski definition) is 1. The van der Waals surface area contributed by atoms with Crippen LogP contribution in [0.3, 0.4) is 0 Å². The van der Waals surface area contributed by atoms with Gasteiger partial charge in [0, 0.05) is 12.3 Å². The van der Waals surface area contributed by atoms with E-state index in [0.717, 1.165) is 12.8 Å². The van der Waals surface area contributed by atoms with Gasteiger partial charge in [-0.05, 0) is 24.8 Å². The molecule has 0 radical (unpaired) electrons. The molecule has 2 nitrogen and oxygen atoms in total. The van der Waals surface area contributed by atoms with Crippen molar-refractivity contribution in [2.24, 2.45) is 11.8 Å². The third-order valence-corrected chi connectivity index (χ3v) is 3.08. The highest BCUT2D eigenvalue weighted by Crippen LogP contribution is 2.40. The lowest BCUT2D eigenvalue weighted by Crippen LogP contribution is -2.22. The first-order valence-electron chi connectivity index (χ1n) is 4.60. The molecule has 2 heteroatoms. The molecule has 66 valence electrons. The number of hydrogen-bond acceptors (Lipinski definition) is 2. The van der Waals surface area contributed by atoms with Gasteiger partial charge in [0.2, 0.25) is 0 Å². The van der Waals surface area contributed by atoms with E-state index in [1.54, 1.807) is 6.08 Å². The Kier molecular flexibility index (Phi) is 1.80. The second-order valence-corrected chi connectivity index (χ2v) is 4.00. The molecular weight excluding hydrogens is 152 g/mol. The van der Waals surface area contributed by atoms with Crippen molar-refractivity contribution in [3.05, 3.63) is 11.6 Å². The van der Waals surface area contributed by atoms with Gasteiger partial charge in [-0.15, -0.1) is 0 Å². The summed E-state index contributed by atoms with van der Waals surface area (Å²) in [7, 11) is 0. The molecule has 0 aromatic rings. The zero-order valence-corrected chi connectivity index (χ0v) is 7.29. The fourth-order valence-electron chi connectivity index (χ4n) is 2.36. The number of allylic oxidation sites excluding steroid dienone is 1. The molecule has 3 atom stereocenters. The molecule has 0 bridgehead atoms. The Hall–Kier alpha value is -0.630. The quantitative estimate of drug-likeness (QED) is 0.588. The summed E-state index contributed by atoms with van der Waals surface area (Å²) in [5.74, 6) is 0.868. The molecule has 0 heterocycles. The smallest absolute Gasteiger partial charge is 0.155 e. The average molecular weight is 166 g/mol. The van der Waals surface area contributed by atoms with Crippen molar-refractivity contribution < 1.29 is 9.90 Å². The zero-order valence-electron chi connectivity index (χ0n) is 7.29. The lowest BCUT2D eigenvalue weighted by Gasteiger charge is -2.19. The summed E-state index contributed by atoms with van der Waals surface area (Å²) in [6.07, 6.45) is 3.94. The molecule has 0 amide bonds. The Labute approximate surface area is 72.3 Å². The highest BCUT2D eigenvalue weighted by Gasteiger charge is 2.37. The maximum absolute atomic E-state index is 11.1. The van der Waals surface area contributed by atoms with Crippen molar-refractivity contribution in [2.45, 2.75) is 32.3 Å². The van der Waals surface area contributed by atoms with Crippen molar-refractivity contribution in [3.63, 3.8) is 0 Å². The van der Waals surface area contributed by atoms with E-state index < -0.39 is 0 Å². The molecule has 1 fully saturated rings. The number of carbonyl (C=O) groups excluding carboxylic acids is 1. The lowest BCUT2D eigenvalue weighted by atomic mass is 9.88. The van der Waals surface area contributed by atoms with E-state index in [4.69, 9.17) is 0 Å². The Morgan fingerprint density at radius 1 is 1.58 bits per heavy atom. The number of rotatable bonds is 0. The van der Waals surface area contributed by atoms with Crippen LogP contribution in [-0.2, 0) is 4.79 Å². The van der Waals surface area contributed by atoms with E-state index in [1.165, 1.54) is 5.57 Å². The summed E-state index contributed by atoms with van der Waals surface area (Å²) in [6, 6.07) is 0. The van der Waals surface area contributed by atoms with E-state index in [-0.39, 0.29) is 17.8 Å². The largest absolute Gasteiger partial charge is 0.392 e. The standard InChI is InChI=1S/C10H14O2/c1-6-4-7-5-8(11)2-3-9(7)10(6)12/h5-6,9-10,12H,2-4H2,1H3/t6?,9?,10-/m1/s1. The third kappa shape index (κ3) is 1.11. The second kappa shape index (κ2) is 2.70. The predicted molar refractivity (Wildman–Crippen MR) is 45.6 cm³/mol. The van der Waals surface area contributed by atoms with Crippen LogP contribution in [0.25, 0.3) is 0 Å². The van der Waals surface area contributed by atoms with Crippen LogP contribution in [0.1, 0.15) is 26.2 Å². The second-order valence-electron chi connectivity index (χ2n) is 4.00. The Balaban J connectivity index is 2.25. The van der Waals surface area contributed by atoms with Gasteiger partial charge < -0.3 is 5.11 Å². The van der Waals surface area contributed by atoms with Gasteiger partial charge in [-0.25, -0.2) is 0 Å². The minimum Gasteiger partial charge on any atom is -0.392 e. The van der Waals surface area contributed by atoms with E-state index >= 15 is 0 Å². The monoisotopic (exact) mass is 166 g/mol. The number of aliphatic hydroxyl groups is 1. The average Bonchev–Trinajstić information content (AvgIpc) is 2.28. The number of ketones is 1. The molecule has 1 saturated carbocycles. The molecular formula is C10H14O2.